The van der Waals surface area contributed by atoms with E-state index in [1.54, 1.807) is 0 Å². The predicted molar refractivity (Wildman–Crippen MR) is 64.0 cm³/mol. The maximum Gasteiger partial charge on any atom is 0.0593 e. The van der Waals surface area contributed by atoms with Crippen molar-refractivity contribution in [3.8, 4) is 0 Å². The van der Waals surface area contributed by atoms with Crippen LogP contribution in [0.3, 0.4) is 0 Å². The van der Waals surface area contributed by atoms with Crippen LogP contribution in [0.2, 0.25) is 0 Å². The third-order valence-corrected chi connectivity index (χ3v) is 3.45. The van der Waals surface area contributed by atoms with Crippen molar-refractivity contribution >= 4 is 22.6 Å². The van der Waals surface area contributed by atoms with Crippen molar-refractivity contribution < 1.29 is 0 Å². The summed E-state index contributed by atoms with van der Waals surface area (Å²) in [5, 5.41) is 0. The molecule has 1 aromatic rings. The number of halogens is 1. The first kappa shape index (κ1) is 9.46. The monoisotopic (exact) mass is 287 g/mol. The SMILES string of the molecule is CC(I)N1CCc2ccccc2C1. The molecular formula is C11H14IN. The van der Waals surface area contributed by atoms with Gasteiger partial charge in [0.1, 0.15) is 0 Å². The average molecular weight is 287 g/mol. The number of rotatable bonds is 1. The van der Waals surface area contributed by atoms with E-state index in [1.807, 2.05) is 0 Å². The molecule has 0 fully saturated rings. The van der Waals surface area contributed by atoms with Gasteiger partial charge < -0.3 is 0 Å². The molecule has 1 unspecified atom stereocenters. The minimum Gasteiger partial charge on any atom is -0.287 e. The highest BCUT2D eigenvalue weighted by atomic mass is 127. The molecule has 0 spiro atoms. The topological polar surface area (TPSA) is 3.24 Å². The van der Waals surface area contributed by atoms with Gasteiger partial charge in [0, 0.05) is 13.1 Å². The van der Waals surface area contributed by atoms with Gasteiger partial charge in [-0.05, 0) is 24.5 Å². The van der Waals surface area contributed by atoms with Gasteiger partial charge in [0.2, 0.25) is 0 Å². The molecule has 0 aromatic heterocycles. The zero-order valence-corrected chi connectivity index (χ0v) is 9.99. The quantitative estimate of drug-likeness (QED) is 0.436. The van der Waals surface area contributed by atoms with Crippen LogP contribution in [0.25, 0.3) is 0 Å². The molecule has 0 aliphatic carbocycles. The second-order valence-corrected chi connectivity index (χ2v) is 5.37. The Balaban J connectivity index is 2.20. The zero-order valence-electron chi connectivity index (χ0n) is 7.83. The van der Waals surface area contributed by atoms with Crippen LogP contribution in [0, 0.1) is 0 Å². The Bertz CT molecular complexity index is 296. The molecule has 1 aromatic carbocycles. The summed E-state index contributed by atoms with van der Waals surface area (Å²) in [5.74, 6) is 0. The van der Waals surface area contributed by atoms with Gasteiger partial charge in [-0.2, -0.15) is 0 Å². The fourth-order valence-corrected chi connectivity index (χ4v) is 2.30. The number of hydrogen-bond donors (Lipinski definition) is 0. The van der Waals surface area contributed by atoms with Gasteiger partial charge in [-0.1, -0.05) is 46.9 Å². The minimum atomic E-state index is 0.644. The van der Waals surface area contributed by atoms with Gasteiger partial charge in [-0.3, -0.25) is 4.90 Å². The van der Waals surface area contributed by atoms with Crippen LogP contribution < -0.4 is 0 Å². The van der Waals surface area contributed by atoms with E-state index in [2.05, 4.69) is 58.7 Å². The molecule has 0 amide bonds. The molecule has 0 bridgehead atoms. The van der Waals surface area contributed by atoms with E-state index in [9.17, 15) is 0 Å². The van der Waals surface area contributed by atoms with Crippen LogP contribution in [0.1, 0.15) is 18.1 Å². The first-order valence-electron chi connectivity index (χ1n) is 4.72. The molecule has 70 valence electrons. The second-order valence-electron chi connectivity index (χ2n) is 3.56. The van der Waals surface area contributed by atoms with Crippen molar-refractivity contribution in [3.05, 3.63) is 35.4 Å². The lowest BCUT2D eigenvalue weighted by molar-refractivity contribution is 0.256. The van der Waals surface area contributed by atoms with Crippen LogP contribution in [-0.4, -0.2) is 15.5 Å². The van der Waals surface area contributed by atoms with E-state index in [1.165, 1.54) is 24.1 Å². The largest absolute Gasteiger partial charge is 0.287 e. The number of nitrogens with zero attached hydrogens (tertiary/aromatic N) is 1. The molecule has 1 nitrogen and oxygen atoms in total. The molecule has 1 atom stereocenters. The van der Waals surface area contributed by atoms with Crippen molar-refractivity contribution in [2.24, 2.45) is 0 Å². The van der Waals surface area contributed by atoms with Crippen LogP contribution in [0.4, 0.5) is 0 Å². The van der Waals surface area contributed by atoms with Crippen molar-refractivity contribution in [1.82, 2.24) is 4.90 Å². The first-order valence-corrected chi connectivity index (χ1v) is 5.97. The lowest BCUT2D eigenvalue weighted by atomic mass is 10.0. The Morgan fingerprint density at radius 1 is 1.31 bits per heavy atom. The lowest BCUT2D eigenvalue weighted by Gasteiger charge is -2.30. The van der Waals surface area contributed by atoms with Crippen molar-refractivity contribution in [2.75, 3.05) is 6.54 Å². The smallest absolute Gasteiger partial charge is 0.0593 e. The highest BCUT2D eigenvalue weighted by Crippen LogP contribution is 2.21. The number of alkyl halides is 1. The highest BCUT2D eigenvalue weighted by molar-refractivity contribution is 14.1. The van der Waals surface area contributed by atoms with Gasteiger partial charge in [-0.25, -0.2) is 0 Å². The minimum absolute atomic E-state index is 0.644. The average Bonchev–Trinajstić information content (AvgIpc) is 2.17. The molecule has 1 aliphatic rings. The Labute approximate surface area is 93.3 Å². The summed E-state index contributed by atoms with van der Waals surface area (Å²) in [7, 11) is 0. The normalized spacial score (nSPS) is 19.5. The maximum absolute atomic E-state index is 2.52. The van der Waals surface area contributed by atoms with Crippen LogP contribution >= 0.6 is 22.6 Å². The van der Waals surface area contributed by atoms with Crippen LogP contribution in [-0.2, 0) is 13.0 Å². The van der Waals surface area contributed by atoms with Gasteiger partial charge in [0.15, 0.2) is 0 Å². The fraction of sp³-hybridized carbons (Fsp3) is 0.455. The number of fused-ring (bicyclic) bond motifs is 1. The van der Waals surface area contributed by atoms with E-state index >= 15 is 0 Å². The van der Waals surface area contributed by atoms with Gasteiger partial charge in [-0.15, -0.1) is 0 Å². The van der Waals surface area contributed by atoms with Crippen LogP contribution in [0.15, 0.2) is 24.3 Å². The Morgan fingerprint density at radius 3 is 2.69 bits per heavy atom. The predicted octanol–water partition coefficient (Wildman–Crippen LogP) is 2.83. The van der Waals surface area contributed by atoms with Crippen molar-refractivity contribution in [3.63, 3.8) is 0 Å². The van der Waals surface area contributed by atoms with Crippen LogP contribution in [0.5, 0.6) is 0 Å². The number of benzene rings is 1. The summed E-state index contributed by atoms with van der Waals surface area (Å²) in [6.45, 7) is 4.59. The van der Waals surface area contributed by atoms with Crippen molar-refractivity contribution in [2.45, 2.75) is 23.9 Å². The lowest BCUT2D eigenvalue weighted by Crippen LogP contribution is -2.34. The summed E-state index contributed by atoms with van der Waals surface area (Å²) in [6, 6.07) is 8.78. The third kappa shape index (κ3) is 2.05. The fourth-order valence-electron chi connectivity index (χ4n) is 1.82. The van der Waals surface area contributed by atoms with E-state index in [4.69, 9.17) is 0 Å². The molecule has 0 radical (unpaired) electrons. The maximum atomic E-state index is 2.52. The number of hydrogen-bond acceptors (Lipinski definition) is 1. The van der Waals surface area contributed by atoms with E-state index in [-0.39, 0.29) is 0 Å². The molecule has 0 N–H and O–H groups in total. The molecule has 2 heteroatoms. The van der Waals surface area contributed by atoms with Crippen molar-refractivity contribution in [1.29, 1.82) is 0 Å². The van der Waals surface area contributed by atoms with Gasteiger partial charge in [0.05, 0.1) is 4.05 Å². The Hall–Kier alpha value is -0.0900. The zero-order chi connectivity index (χ0) is 9.26. The summed E-state index contributed by atoms with van der Waals surface area (Å²) in [4.78, 5) is 2.52. The summed E-state index contributed by atoms with van der Waals surface area (Å²) < 4.78 is 0.644. The first-order chi connectivity index (χ1) is 6.27. The second kappa shape index (κ2) is 3.96. The Morgan fingerprint density at radius 2 is 2.00 bits per heavy atom. The summed E-state index contributed by atoms with van der Waals surface area (Å²) >= 11 is 2.49. The van der Waals surface area contributed by atoms with E-state index in [0.29, 0.717) is 4.05 Å². The molecule has 2 rings (SSSR count). The standard InChI is InChI=1S/C11H14IN/c1-9(12)13-7-6-10-4-2-3-5-11(10)8-13/h2-5,9H,6-8H2,1H3. The molecule has 0 saturated heterocycles. The summed E-state index contributed by atoms with van der Waals surface area (Å²) in [6.07, 6.45) is 1.21. The molecular weight excluding hydrogens is 273 g/mol. The van der Waals surface area contributed by atoms with E-state index < -0.39 is 0 Å². The van der Waals surface area contributed by atoms with E-state index in [0.717, 1.165) is 6.54 Å². The third-order valence-electron chi connectivity index (χ3n) is 2.66. The van der Waals surface area contributed by atoms with Gasteiger partial charge >= 0.3 is 0 Å². The molecule has 1 heterocycles. The molecule has 13 heavy (non-hydrogen) atoms. The highest BCUT2D eigenvalue weighted by Gasteiger charge is 2.17. The molecule has 1 aliphatic heterocycles. The summed E-state index contributed by atoms with van der Waals surface area (Å²) in [5.41, 5.74) is 3.05. The van der Waals surface area contributed by atoms with Gasteiger partial charge in [0.25, 0.3) is 0 Å². The Kier molecular flexibility index (Phi) is 2.89. The molecule has 0 saturated carbocycles.